The lowest BCUT2D eigenvalue weighted by Gasteiger charge is -2.36. The van der Waals surface area contributed by atoms with Gasteiger partial charge in [-0.1, -0.05) is 116 Å². The molecular formula is C34H30. The van der Waals surface area contributed by atoms with Gasteiger partial charge < -0.3 is 0 Å². The standard InChI is InChI=1S/C34H30/c1-6-23(18-21(3)4)24-16-17-33-29(19-24)28-20-27(28)22(5)30(7-2)34(33)31-14-10-8-12-25(31)26-13-9-11-15-32(26)34/h6-19,27-28H,1-3,20H2,4-5H3/b23-18+. The first-order valence-corrected chi connectivity index (χ1v) is 12.2. The van der Waals surface area contributed by atoms with Crippen LogP contribution in [0.2, 0.25) is 0 Å². The first-order chi connectivity index (χ1) is 16.5. The predicted molar refractivity (Wildman–Crippen MR) is 145 cm³/mol. The molecule has 3 aliphatic carbocycles. The van der Waals surface area contributed by atoms with E-state index in [9.17, 15) is 0 Å². The summed E-state index contributed by atoms with van der Waals surface area (Å²) in [4.78, 5) is 0. The lowest BCUT2D eigenvalue weighted by atomic mass is 9.65. The van der Waals surface area contributed by atoms with E-state index >= 15 is 0 Å². The SMILES string of the molecule is C=CC1=C(C)C2CC2c2cc(/C(C=C)=C/C(=C)C)ccc2C12c1ccccc1-c1ccccc12. The normalized spacial score (nSPS) is 21.2. The molecule has 0 bridgehead atoms. The summed E-state index contributed by atoms with van der Waals surface area (Å²) in [5, 5.41) is 0. The van der Waals surface area contributed by atoms with E-state index < -0.39 is 0 Å². The van der Waals surface area contributed by atoms with Crippen molar-refractivity contribution in [3.8, 4) is 11.1 Å². The molecule has 34 heavy (non-hydrogen) atoms. The number of hydrogen-bond donors (Lipinski definition) is 0. The van der Waals surface area contributed by atoms with Crippen LogP contribution in [-0.4, -0.2) is 0 Å². The van der Waals surface area contributed by atoms with Crippen LogP contribution >= 0.6 is 0 Å². The number of fused-ring (bicyclic) bond motifs is 9. The molecule has 6 rings (SSSR count). The van der Waals surface area contributed by atoms with Crippen molar-refractivity contribution in [1.29, 1.82) is 0 Å². The van der Waals surface area contributed by atoms with Crippen molar-refractivity contribution in [3.63, 3.8) is 0 Å². The third-order valence-electron chi connectivity index (χ3n) is 8.14. The topological polar surface area (TPSA) is 0 Å². The molecule has 3 aromatic carbocycles. The van der Waals surface area contributed by atoms with Crippen LogP contribution in [0.3, 0.4) is 0 Å². The lowest BCUT2D eigenvalue weighted by molar-refractivity contribution is 0.747. The van der Waals surface area contributed by atoms with Crippen LogP contribution in [0.4, 0.5) is 0 Å². The highest BCUT2D eigenvalue weighted by Gasteiger charge is 2.54. The Bertz CT molecular complexity index is 1410. The fourth-order valence-corrected chi connectivity index (χ4v) is 6.70. The van der Waals surface area contributed by atoms with Gasteiger partial charge in [-0.25, -0.2) is 0 Å². The highest BCUT2D eigenvalue weighted by atomic mass is 14.6. The van der Waals surface area contributed by atoms with Gasteiger partial charge in [-0.05, 0) is 82.2 Å². The second-order valence-corrected chi connectivity index (χ2v) is 10.0. The molecule has 2 unspecified atom stereocenters. The zero-order valence-corrected chi connectivity index (χ0v) is 20.1. The molecule has 0 amide bonds. The fraction of sp³-hybridized carbons (Fsp3) is 0.176. The predicted octanol–water partition coefficient (Wildman–Crippen LogP) is 8.77. The summed E-state index contributed by atoms with van der Waals surface area (Å²) in [6.45, 7) is 16.9. The minimum atomic E-state index is -0.327. The Labute approximate surface area is 203 Å². The summed E-state index contributed by atoms with van der Waals surface area (Å²) in [6, 6.07) is 25.0. The molecule has 3 aliphatic rings. The maximum Gasteiger partial charge on any atom is 0.0715 e. The second-order valence-electron chi connectivity index (χ2n) is 10.0. The summed E-state index contributed by atoms with van der Waals surface area (Å²) < 4.78 is 0. The Hall–Kier alpha value is -3.64. The molecule has 0 aliphatic heterocycles. The molecule has 166 valence electrons. The van der Waals surface area contributed by atoms with E-state index in [-0.39, 0.29) is 5.41 Å². The summed E-state index contributed by atoms with van der Waals surface area (Å²) in [6.07, 6.45) is 7.44. The van der Waals surface area contributed by atoms with Crippen LogP contribution in [0, 0.1) is 5.92 Å². The Morgan fingerprint density at radius 2 is 1.53 bits per heavy atom. The van der Waals surface area contributed by atoms with Crippen LogP contribution in [0.1, 0.15) is 54.0 Å². The van der Waals surface area contributed by atoms with Gasteiger partial charge in [-0.2, -0.15) is 0 Å². The number of allylic oxidation sites excluding steroid dienone is 7. The summed E-state index contributed by atoms with van der Waals surface area (Å²) in [5.74, 6) is 1.14. The van der Waals surface area contributed by atoms with Crippen molar-refractivity contribution in [2.75, 3.05) is 0 Å². The molecule has 0 N–H and O–H groups in total. The smallest absolute Gasteiger partial charge is 0.0715 e. The fourth-order valence-electron chi connectivity index (χ4n) is 6.70. The van der Waals surface area contributed by atoms with Crippen LogP contribution in [0.5, 0.6) is 0 Å². The Kier molecular flexibility index (Phi) is 4.58. The van der Waals surface area contributed by atoms with Crippen LogP contribution in [0.15, 0.2) is 121 Å². The van der Waals surface area contributed by atoms with E-state index in [4.69, 9.17) is 0 Å². The molecular weight excluding hydrogens is 408 g/mol. The molecule has 1 spiro atoms. The average molecular weight is 439 g/mol. The lowest BCUT2D eigenvalue weighted by Crippen LogP contribution is -2.30. The molecule has 1 saturated carbocycles. The van der Waals surface area contributed by atoms with Gasteiger partial charge in [0, 0.05) is 0 Å². The van der Waals surface area contributed by atoms with Crippen molar-refractivity contribution < 1.29 is 0 Å². The van der Waals surface area contributed by atoms with Gasteiger partial charge in [0.05, 0.1) is 5.41 Å². The minimum absolute atomic E-state index is 0.327. The highest BCUT2D eigenvalue weighted by molar-refractivity contribution is 5.88. The van der Waals surface area contributed by atoms with Crippen molar-refractivity contribution in [2.24, 2.45) is 5.92 Å². The van der Waals surface area contributed by atoms with Crippen molar-refractivity contribution in [3.05, 3.63) is 149 Å². The van der Waals surface area contributed by atoms with E-state index in [0.29, 0.717) is 11.8 Å². The Morgan fingerprint density at radius 1 is 0.882 bits per heavy atom. The molecule has 1 fully saturated rings. The van der Waals surface area contributed by atoms with Crippen LogP contribution in [0.25, 0.3) is 16.7 Å². The van der Waals surface area contributed by atoms with E-state index in [1.165, 1.54) is 56.5 Å². The van der Waals surface area contributed by atoms with E-state index in [2.05, 4.69) is 106 Å². The van der Waals surface area contributed by atoms with Crippen LogP contribution in [-0.2, 0) is 5.41 Å². The molecule has 2 atom stereocenters. The monoisotopic (exact) mass is 438 g/mol. The Balaban J connectivity index is 1.73. The van der Waals surface area contributed by atoms with Crippen molar-refractivity contribution >= 4 is 5.57 Å². The molecule has 0 radical (unpaired) electrons. The van der Waals surface area contributed by atoms with Crippen LogP contribution < -0.4 is 0 Å². The average Bonchev–Trinajstić information content (AvgIpc) is 3.61. The summed E-state index contributed by atoms with van der Waals surface area (Å²) in [5.41, 5.74) is 14.2. The Morgan fingerprint density at radius 3 is 2.12 bits per heavy atom. The molecule has 0 nitrogen and oxygen atoms in total. The quantitative estimate of drug-likeness (QED) is 0.357. The van der Waals surface area contributed by atoms with Crippen molar-refractivity contribution in [2.45, 2.75) is 31.6 Å². The zero-order chi connectivity index (χ0) is 23.6. The van der Waals surface area contributed by atoms with Gasteiger partial charge in [0.1, 0.15) is 0 Å². The highest BCUT2D eigenvalue weighted by Crippen LogP contribution is 2.65. The van der Waals surface area contributed by atoms with Gasteiger partial charge in [-0.15, -0.1) is 0 Å². The minimum Gasteiger partial charge on any atom is -0.0987 e. The largest absolute Gasteiger partial charge is 0.0987 e. The van der Waals surface area contributed by atoms with E-state index in [1.807, 2.05) is 13.0 Å². The molecule has 0 heterocycles. The number of benzene rings is 3. The zero-order valence-electron chi connectivity index (χ0n) is 20.1. The first-order valence-electron chi connectivity index (χ1n) is 12.2. The van der Waals surface area contributed by atoms with Crippen molar-refractivity contribution in [1.82, 2.24) is 0 Å². The van der Waals surface area contributed by atoms with Gasteiger partial charge >= 0.3 is 0 Å². The van der Waals surface area contributed by atoms with Gasteiger partial charge in [-0.3, -0.25) is 0 Å². The molecule has 0 aromatic heterocycles. The van der Waals surface area contributed by atoms with E-state index in [0.717, 1.165) is 11.1 Å². The number of hydrogen-bond acceptors (Lipinski definition) is 0. The van der Waals surface area contributed by atoms with Gasteiger partial charge in [0.2, 0.25) is 0 Å². The maximum atomic E-state index is 4.37. The third-order valence-corrected chi connectivity index (χ3v) is 8.14. The first kappa shape index (κ1) is 20.9. The second kappa shape index (κ2) is 7.43. The van der Waals surface area contributed by atoms with E-state index in [1.54, 1.807) is 0 Å². The molecule has 3 aromatic rings. The molecule has 0 heteroatoms. The number of rotatable bonds is 4. The van der Waals surface area contributed by atoms with Gasteiger partial charge in [0.15, 0.2) is 0 Å². The summed E-state index contributed by atoms with van der Waals surface area (Å²) >= 11 is 0. The maximum absolute atomic E-state index is 4.37. The third kappa shape index (κ3) is 2.66. The molecule has 0 saturated heterocycles. The van der Waals surface area contributed by atoms with Gasteiger partial charge in [0.25, 0.3) is 0 Å². The summed E-state index contributed by atoms with van der Waals surface area (Å²) in [7, 11) is 0.